The summed E-state index contributed by atoms with van der Waals surface area (Å²) in [4.78, 5) is 0. The summed E-state index contributed by atoms with van der Waals surface area (Å²) in [7, 11) is 3.47. The number of benzene rings is 1. The molecule has 0 aliphatic rings. The van der Waals surface area contributed by atoms with Gasteiger partial charge in [-0.3, -0.25) is 0 Å². The molecule has 0 amide bonds. The van der Waals surface area contributed by atoms with E-state index in [0.29, 0.717) is 15.8 Å². The van der Waals surface area contributed by atoms with Gasteiger partial charge in [-0.2, -0.15) is 0 Å². The van der Waals surface area contributed by atoms with Crippen LogP contribution in [0.15, 0.2) is 12.1 Å². The molecule has 0 spiro atoms. The summed E-state index contributed by atoms with van der Waals surface area (Å²) in [5, 5.41) is 1.11. The zero-order chi connectivity index (χ0) is 8.43. The highest BCUT2D eigenvalue weighted by atomic mass is 35.5. The summed E-state index contributed by atoms with van der Waals surface area (Å²) in [5.74, 6) is 0.541. The van der Waals surface area contributed by atoms with Crippen LogP contribution >= 0.6 is 23.2 Å². The first-order valence-corrected chi connectivity index (χ1v) is 3.90. The van der Waals surface area contributed by atoms with Crippen LogP contribution in [0, 0.1) is 0 Å². The topological polar surface area (TPSA) is 9.23 Å². The van der Waals surface area contributed by atoms with Gasteiger partial charge >= 0.3 is 0 Å². The van der Waals surface area contributed by atoms with Gasteiger partial charge in [0.2, 0.25) is 0 Å². The van der Waals surface area contributed by atoms with Gasteiger partial charge in [-0.15, -0.1) is 0 Å². The quantitative estimate of drug-likeness (QED) is 0.604. The second-order valence-electron chi connectivity index (χ2n) is 2.26. The molecule has 1 aromatic carbocycles. The first-order valence-electron chi connectivity index (χ1n) is 3.15. The molecule has 1 rings (SSSR count). The van der Waals surface area contributed by atoms with Crippen molar-refractivity contribution in [2.24, 2.45) is 0 Å². The molecule has 0 aromatic heterocycles. The summed E-state index contributed by atoms with van der Waals surface area (Å²) in [5.41, 5.74) is 1.03. The predicted octanol–water partition coefficient (Wildman–Crippen LogP) is 1.26. The molecular weight excluding hydrogens is 182 g/mol. The highest BCUT2D eigenvalue weighted by molar-refractivity contribution is 6.41. The maximum absolute atomic E-state index is 5.83. The largest absolute Gasteiger partial charge is 0.494 e. The van der Waals surface area contributed by atoms with Crippen LogP contribution in [0.2, 0.25) is 10.0 Å². The summed E-state index contributed by atoms with van der Waals surface area (Å²) in [6, 6.07) is 3.62. The van der Waals surface area contributed by atoms with Gasteiger partial charge in [-0.05, 0) is 12.1 Å². The molecule has 0 unspecified atom stereocenters. The van der Waals surface area contributed by atoms with Gasteiger partial charge in [0.25, 0.3) is 0 Å². The molecule has 0 radical (unpaired) electrons. The Morgan fingerprint density at radius 1 is 1.27 bits per heavy atom. The molecule has 1 nitrogen and oxygen atoms in total. The summed E-state index contributed by atoms with van der Waals surface area (Å²) < 4.78 is 4.97. The van der Waals surface area contributed by atoms with Crippen molar-refractivity contribution < 1.29 is 4.74 Å². The first kappa shape index (κ1) is 8.76. The Morgan fingerprint density at radius 2 is 1.73 bits per heavy atom. The van der Waals surface area contributed by atoms with Crippen LogP contribution in [0.25, 0.3) is 0 Å². The van der Waals surface area contributed by atoms with Crippen molar-refractivity contribution in [2.75, 3.05) is 7.11 Å². The fourth-order valence-corrected chi connectivity index (χ4v) is 1.63. The van der Waals surface area contributed by atoms with Crippen molar-refractivity contribution in [3.05, 3.63) is 22.2 Å². The van der Waals surface area contributed by atoms with E-state index in [1.165, 1.54) is 0 Å². The lowest BCUT2D eigenvalue weighted by atomic mass is 9.96. The van der Waals surface area contributed by atoms with E-state index in [4.69, 9.17) is 27.9 Å². The average molecular weight is 189 g/mol. The molecule has 0 heterocycles. The van der Waals surface area contributed by atoms with E-state index in [9.17, 15) is 0 Å². The van der Waals surface area contributed by atoms with Crippen LogP contribution < -0.4 is 10.2 Å². The van der Waals surface area contributed by atoms with Crippen LogP contribution in [-0.4, -0.2) is 15.0 Å². The van der Waals surface area contributed by atoms with Crippen molar-refractivity contribution in [1.29, 1.82) is 0 Å². The molecule has 11 heavy (non-hydrogen) atoms. The van der Waals surface area contributed by atoms with Gasteiger partial charge in [0.05, 0.1) is 17.2 Å². The minimum Gasteiger partial charge on any atom is -0.494 e. The van der Waals surface area contributed by atoms with E-state index in [0.717, 1.165) is 5.46 Å². The molecule has 0 atom stereocenters. The Kier molecular flexibility index (Phi) is 2.69. The fourth-order valence-electron chi connectivity index (χ4n) is 0.882. The number of hydrogen-bond acceptors (Lipinski definition) is 1. The number of halogens is 2. The van der Waals surface area contributed by atoms with Crippen LogP contribution in [0.3, 0.4) is 0 Å². The summed E-state index contributed by atoms with van der Waals surface area (Å²) in [6.07, 6.45) is 0. The Bertz CT molecular complexity index is 252. The summed E-state index contributed by atoms with van der Waals surface area (Å²) >= 11 is 11.7. The highest BCUT2D eigenvalue weighted by Crippen LogP contribution is 2.30. The van der Waals surface area contributed by atoms with E-state index in [1.54, 1.807) is 7.11 Å². The van der Waals surface area contributed by atoms with Gasteiger partial charge in [-0.1, -0.05) is 28.7 Å². The van der Waals surface area contributed by atoms with E-state index in [-0.39, 0.29) is 0 Å². The average Bonchev–Trinajstić information content (AvgIpc) is 1.85. The number of hydrogen-bond donors (Lipinski definition) is 0. The van der Waals surface area contributed by atoms with Gasteiger partial charge in [-0.25, -0.2) is 0 Å². The second-order valence-corrected chi connectivity index (χ2v) is 3.08. The minimum atomic E-state index is 0.541. The molecule has 0 N–H and O–H groups in total. The van der Waals surface area contributed by atoms with E-state index < -0.39 is 0 Å². The molecule has 0 aliphatic carbocycles. The smallest absolute Gasteiger partial charge is 0.155 e. The molecule has 0 bridgehead atoms. The zero-order valence-electron chi connectivity index (χ0n) is 6.32. The van der Waals surface area contributed by atoms with Gasteiger partial charge in [0.15, 0.2) is 5.75 Å². The number of rotatable bonds is 1. The molecule has 1 aromatic rings. The molecule has 4 heteroatoms. The second kappa shape index (κ2) is 3.37. The van der Waals surface area contributed by atoms with Crippen LogP contribution in [-0.2, 0) is 0 Å². The Hall–Kier alpha value is -0.335. The normalized spacial score (nSPS) is 9.73. The number of methoxy groups -OCH3 is 1. The highest BCUT2D eigenvalue weighted by Gasteiger charge is 2.05. The Morgan fingerprint density at radius 3 is 2.09 bits per heavy atom. The van der Waals surface area contributed by atoms with Crippen molar-refractivity contribution in [1.82, 2.24) is 0 Å². The molecule has 58 valence electrons. The van der Waals surface area contributed by atoms with Crippen LogP contribution in [0.1, 0.15) is 0 Å². The molecular formula is C7H7BCl2O. The lowest BCUT2D eigenvalue weighted by Crippen LogP contribution is -2.02. The first-order chi connectivity index (χ1) is 5.15. The van der Waals surface area contributed by atoms with Crippen LogP contribution in [0.4, 0.5) is 0 Å². The molecule has 0 saturated heterocycles. The lowest BCUT2D eigenvalue weighted by molar-refractivity contribution is 0.415. The standard InChI is InChI=1S/C7H7BCl2O/c1-11-7-5(9)2-4(8)3-6(7)10/h2-3H,8H2,1H3. The zero-order valence-corrected chi connectivity index (χ0v) is 7.83. The lowest BCUT2D eigenvalue weighted by Gasteiger charge is -2.05. The third-order valence-electron chi connectivity index (χ3n) is 1.35. The SMILES string of the molecule is Bc1cc(Cl)c(OC)c(Cl)c1. The van der Waals surface area contributed by atoms with Crippen molar-refractivity contribution in [3.8, 4) is 5.75 Å². The van der Waals surface area contributed by atoms with E-state index >= 15 is 0 Å². The van der Waals surface area contributed by atoms with Gasteiger partial charge < -0.3 is 4.74 Å². The monoisotopic (exact) mass is 188 g/mol. The van der Waals surface area contributed by atoms with Crippen molar-refractivity contribution in [3.63, 3.8) is 0 Å². The fraction of sp³-hybridized carbons (Fsp3) is 0.143. The minimum absolute atomic E-state index is 0.541. The maximum Gasteiger partial charge on any atom is 0.155 e. The van der Waals surface area contributed by atoms with Crippen LogP contribution in [0.5, 0.6) is 5.75 Å². The Balaban J connectivity index is 3.25. The Labute approximate surface area is 76.7 Å². The van der Waals surface area contributed by atoms with Gasteiger partial charge in [0.1, 0.15) is 7.85 Å². The third kappa shape index (κ3) is 1.82. The maximum atomic E-state index is 5.83. The van der Waals surface area contributed by atoms with Crippen molar-refractivity contribution >= 4 is 36.5 Å². The van der Waals surface area contributed by atoms with E-state index in [1.807, 2.05) is 20.0 Å². The third-order valence-corrected chi connectivity index (χ3v) is 1.91. The molecule has 0 fully saturated rings. The molecule has 0 aliphatic heterocycles. The van der Waals surface area contributed by atoms with E-state index in [2.05, 4.69) is 0 Å². The van der Waals surface area contributed by atoms with Crippen molar-refractivity contribution in [2.45, 2.75) is 0 Å². The molecule has 0 saturated carbocycles. The predicted molar refractivity (Wildman–Crippen MR) is 51.2 cm³/mol. The summed E-state index contributed by atoms with van der Waals surface area (Å²) in [6.45, 7) is 0. The van der Waals surface area contributed by atoms with Gasteiger partial charge in [0, 0.05) is 0 Å². The number of ether oxygens (including phenoxy) is 1.